The number of aromatic nitrogens is 1. The van der Waals surface area contributed by atoms with Gasteiger partial charge in [0.2, 0.25) is 0 Å². The summed E-state index contributed by atoms with van der Waals surface area (Å²) >= 11 is 1.40. The van der Waals surface area contributed by atoms with E-state index in [1.165, 1.54) is 11.3 Å². The number of ketones is 1. The van der Waals surface area contributed by atoms with Gasteiger partial charge in [-0.2, -0.15) is 0 Å². The molecular weight excluding hydrogens is 386 g/mol. The molecule has 7 heteroatoms. The second kappa shape index (κ2) is 8.05. The largest absolute Gasteiger partial charge is 0.494 e. The fourth-order valence-electron chi connectivity index (χ4n) is 3.16. The number of thiazole rings is 1. The molecule has 1 aliphatic rings. The van der Waals surface area contributed by atoms with Crippen LogP contribution in [0.4, 0.5) is 5.69 Å². The Balaban J connectivity index is 1.61. The fraction of sp³-hybridized carbons (Fsp3) is 0.227. The Morgan fingerprint density at radius 2 is 1.90 bits per heavy atom. The quantitative estimate of drug-likeness (QED) is 0.610. The number of nitrogens with zero attached hydrogens (tertiary/aromatic N) is 3. The SMILES string of the molecule is CCOc1ccc(/C=c2\sc3n(c2=O)CN(c2ccc(C(C)=O)cc2)CN=3)cc1. The van der Waals surface area contributed by atoms with Crippen molar-refractivity contribution < 1.29 is 9.53 Å². The summed E-state index contributed by atoms with van der Waals surface area (Å²) in [7, 11) is 0. The predicted molar refractivity (Wildman–Crippen MR) is 114 cm³/mol. The molecule has 0 fully saturated rings. The van der Waals surface area contributed by atoms with E-state index in [0.717, 1.165) is 21.8 Å². The number of Topliss-reactive ketones (excluding diaryl/α,β-unsaturated/α-hetero) is 1. The number of carbonyl (C=O) groups excluding carboxylic acids is 1. The minimum absolute atomic E-state index is 0.0330. The van der Waals surface area contributed by atoms with Gasteiger partial charge in [0.15, 0.2) is 10.6 Å². The van der Waals surface area contributed by atoms with E-state index in [9.17, 15) is 9.59 Å². The Morgan fingerprint density at radius 3 is 2.55 bits per heavy atom. The number of benzene rings is 2. The van der Waals surface area contributed by atoms with Crippen LogP contribution in [-0.4, -0.2) is 23.6 Å². The van der Waals surface area contributed by atoms with Gasteiger partial charge in [-0.25, -0.2) is 4.99 Å². The maximum absolute atomic E-state index is 12.9. The van der Waals surface area contributed by atoms with Gasteiger partial charge < -0.3 is 9.64 Å². The summed E-state index contributed by atoms with van der Waals surface area (Å²) in [6.45, 7) is 5.02. The topological polar surface area (TPSA) is 63.9 Å². The molecule has 2 heterocycles. The highest BCUT2D eigenvalue weighted by Gasteiger charge is 2.16. The number of anilines is 1. The summed E-state index contributed by atoms with van der Waals surface area (Å²) in [4.78, 5) is 31.7. The highest BCUT2D eigenvalue weighted by molar-refractivity contribution is 7.07. The van der Waals surface area contributed by atoms with E-state index in [1.807, 2.05) is 54.3 Å². The molecule has 1 aromatic heterocycles. The molecule has 0 bridgehead atoms. The van der Waals surface area contributed by atoms with Gasteiger partial charge in [-0.15, -0.1) is 0 Å². The van der Waals surface area contributed by atoms with Gasteiger partial charge in [-0.05, 0) is 61.9 Å². The summed E-state index contributed by atoms with van der Waals surface area (Å²) in [6.07, 6.45) is 1.88. The van der Waals surface area contributed by atoms with E-state index in [0.29, 0.717) is 30.0 Å². The Bertz CT molecular complexity index is 1210. The third-order valence-corrected chi connectivity index (χ3v) is 5.75. The first kappa shape index (κ1) is 19.1. The van der Waals surface area contributed by atoms with Crippen LogP contribution in [0, 0.1) is 0 Å². The molecule has 3 aromatic rings. The van der Waals surface area contributed by atoms with Crippen LogP contribution in [-0.2, 0) is 6.67 Å². The third kappa shape index (κ3) is 4.00. The highest BCUT2D eigenvalue weighted by atomic mass is 32.1. The van der Waals surface area contributed by atoms with Gasteiger partial charge in [0.05, 0.1) is 11.1 Å². The molecule has 148 valence electrons. The normalized spacial score (nSPS) is 13.7. The number of rotatable bonds is 5. The van der Waals surface area contributed by atoms with Crippen molar-refractivity contribution in [1.82, 2.24) is 4.57 Å². The van der Waals surface area contributed by atoms with Crippen LogP contribution in [0.5, 0.6) is 5.75 Å². The van der Waals surface area contributed by atoms with Gasteiger partial charge in [-0.3, -0.25) is 14.2 Å². The fourth-order valence-corrected chi connectivity index (χ4v) is 4.12. The standard InChI is InChI=1S/C22H21N3O3S/c1-3-28-19-10-4-16(5-11-19)12-20-21(27)25-14-24(13-23-22(25)29-20)18-8-6-17(7-9-18)15(2)26/h4-12H,3,13-14H2,1-2H3/b20-12-. The number of hydrogen-bond donors (Lipinski definition) is 0. The Kier molecular flexibility index (Phi) is 5.31. The lowest BCUT2D eigenvalue weighted by Gasteiger charge is -2.25. The number of ether oxygens (including phenoxy) is 1. The van der Waals surface area contributed by atoms with E-state index in [2.05, 4.69) is 4.99 Å². The molecule has 0 unspecified atom stereocenters. The van der Waals surface area contributed by atoms with Crippen LogP contribution in [0.3, 0.4) is 0 Å². The molecular formula is C22H21N3O3S. The molecule has 6 nitrogen and oxygen atoms in total. The zero-order chi connectivity index (χ0) is 20.4. The molecule has 0 saturated heterocycles. The van der Waals surface area contributed by atoms with Crippen molar-refractivity contribution >= 4 is 28.9 Å². The van der Waals surface area contributed by atoms with E-state index in [-0.39, 0.29) is 11.3 Å². The van der Waals surface area contributed by atoms with Crippen molar-refractivity contribution in [1.29, 1.82) is 0 Å². The zero-order valence-corrected chi connectivity index (χ0v) is 17.1. The molecule has 0 amide bonds. The van der Waals surface area contributed by atoms with Crippen LogP contribution in [0.25, 0.3) is 6.08 Å². The lowest BCUT2D eigenvalue weighted by atomic mass is 10.1. The summed E-state index contributed by atoms with van der Waals surface area (Å²) in [5, 5.41) is 0. The van der Waals surface area contributed by atoms with Gasteiger partial charge in [-0.1, -0.05) is 23.5 Å². The molecule has 29 heavy (non-hydrogen) atoms. The molecule has 4 rings (SSSR count). The number of hydrogen-bond acceptors (Lipinski definition) is 6. The van der Waals surface area contributed by atoms with Crippen molar-refractivity contribution in [3.8, 4) is 5.75 Å². The predicted octanol–water partition coefficient (Wildman–Crippen LogP) is 2.39. The van der Waals surface area contributed by atoms with E-state index in [4.69, 9.17) is 4.74 Å². The van der Waals surface area contributed by atoms with Crippen LogP contribution in [0.1, 0.15) is 29.8 Å². The third-order valence-electron chi connectivity index (χ3n) is 4.70. The average Bonchev–Trinajstić information content (AvgIpc) is 3.04. The van der Waals surface area contributed by atoms with Crippen molar-refractivity contribution in [3.05, 3.63) is 79.3 Å². The van der Waals surface area contributed by atoms with E-state index < -0.39 is 0 Å². The molecule has 0 spiro atoms. The van der Waals surface area contributed by atoms with Gasteiger partial charge in [0.1, 0.15) is 19.1 Å². The van der Waals surface area contributed by atoms with Crippen molar-refractivity contribution in [2.75, 3.05) is 18.2 Å². The summed E-state index contributed by atoms with van der Waals surface area (Å²) in [5.41, 5.74) is 2.50. The van der Waals surface area contributed by atoms with E-state index in [1.54, 1.807) is 23.6 Å². The molecule has 2 aromatic carbocycles. The molecule has 0 aliphatic carbocycles. The van der Waals surface area contributed by atoms with Crippen molar-refractivity contribution in [3.63, 3.8) is 0 Å². The molecule has 1 aliphatic heterocycles. The second-order valence-corrected chi connectivity index (χ2v) is 7.72. The zero-order valence-electron chi connectivity index (χ0n) is 16.3. The molecule has 0 atom stereocenters. The molecule has 0 saturated carbocycles. The maximum atomic E-state index is 12.9. The Morgan fingerprint density at radius 1 is 1.17 bits per heavy atom. The smallest absolute Gasteiger partial charge is 0.271 e. The minimum Gasteiger partial charge on any atom is -0.494 e. The van der Waals surface area contributed by atoms with Crippen molar-refractivity contribution in [2.45, 2.75) is 20.5 Å². The molecule has 0 radical (unpaired) electrons. The Labute approximate surface area is 172 Å². The average molecular weight is 407 g/mol. The first-order valence-electron chi connectivity index (χ1n) is 9.40. The monoisotopic (exact) mass is 407 g/mol. The van der Waals surface area contributed by atoms with Gasteiger partial charge >= 0.3 is 0 Å². The van der Waals surface area contributed by atoms with Crippen LogP contribution >= 0.6 is 11.3 Å². The van der Waals surface area contributed by atoms with E-state index >= 15 is 0 Å². The maximum Gasteiger partial charge on any atom is 0.271 e. The first-order valence-corrected chi connectivity index (χ1v) is 10.2. The van der Waals surface area contributed by atoms with Gasteiger partial charge in [0.25, 0.3) is 5.56 Å². The summed E-state index contributed by atoms with van der Waals surface area (Å²) < 4.78 is 7.80. The first-order chi connectivity index (χ1) is 14.0. The summed E-state index contributed by atoms with van der Waals surface area (Å²) in [6, 6.07) is 15.1. The van der Waals surface area contributed by atoms with Crippen LogP contribution < -0.4 is 24.5 Å². The lowest BCUT2D eigenvalue weighted by Crippen LogP contribution is -2.42. The van der Waals surface area contributed by atoms with Gasteiger partial charge in [0, 0.05) is 11.3 Å². The van der Waals surface area contributed by atoms with Crippen LogP contribution in [0.15, 0.2) is 58.3 Å². The van der Waals surface area contributed by atoms with Crippen LogP contribution in [0.2, 0.25) is 0 Å². The Hall–Kier alpha value is -3.19. The number of carbonyl (C=O) groups is 1. The number of fused-ring (bicyclic) bond motifs is 1. The van der Waals surface area contributed by atoms with Crippen molar-refractivity contribution in [2.24, 2.45) is 4.99 Å². The molecule has 0 N–H and O–H groups in total. The highest BCUT2D eigenvalue weighted by Crippen LogP contribution is 2.17. The lowest BCUT2D eigenvalue weighted by molar-refractivity contribution is 0.101. The summed E-state index contributed by atoms with van der Waals surface area (Å²) in [5.74, 6) is 0.846. The second-order valence-electron chi connectivity index (χ2n) is 6.71. The minimum atomic E-state index is -0.0484.